The van der Waals surface area contributed by atoms with Gasteiger partial charge in [0.2, 0.25) is 5.95 Å². The molecule has 4 aromatic heterocycles. The Labute approximate surface area is 262 Å². The number of aromatic nitrogens is 4. The summed E-state index contributed by atoms with van der Waals surface area (Å²) in [4.78, 5) is 10.0. The Morgan fingerprint density at radius 2 is 1.07 bits per heavy atom. The maximum absolute atomic E-state index is 5.21. The fourth-order valence-electron chi connectivity index (χ4n) is 7.07. The van der Waals surface area contributed by atoms with E-state index in [0.29, 0.717) is 5.95 Å². The molecule has 10 aromatic rings. The Hall–Kier alpha value is -5.78. The van der Waals surface area contributed by atoms with E-state index in [1.807, 2.05) is 23.6 Å². The largest absolute Gasteiger partial charge is 0.309 e. The van der Waals surface area contributed by atoms with Crippen LogP contribution in [0, 0.1) is 0 Å². The molecule has 0 bridgehead atoms. The van der Waals surface area contributed by atoms with Crippen LogP contribution in [0.5, 0.6) is 0 Å². The Balaban J connectivity index is 1.20. The van der Waals surface area contributed by atoms with Crippen LogP contribution >= 0.6 is 11.3 Å². The molecule has 0 aliphatic heterocycles. The smallest absolute Gasteiger partial charge is 0.235 e. The third kappa shape index (κ3) is 3.53. The summed E-state index contributed by atoms with van der Waals surface area (Å²) in [7, 11) is 0. The van der Waals surface area contributed by atoms with Gasteiger partial charge in [-0.1, -0.05) is 91.0 Å². The zero-order valence-electron chi connectivity index (χ0n) is 24.1. The summed E-state index contributed by atoms with van der Waals surface area (Å²) in [5.41, 5.74) is 7.76. The highest BCUT2D eigenvalue weighted by molar-refractivity contribution is 7.26. The van der Waals surface area contributed by atoms with Gasteiger partial charge in [0.05, 0.1) is 27.8 Å². The van der Waals surface area contributed by atoms with E-state index in [4.69, 9.17) is 9.97 Å². The molecule has 4 nitrogen and oxygen atoms in total. The standard InChI is InChI=1S/C40H24N4S/c1-5-16-34-26(10-1)27-11-2-6-17-35(27)43(34)25-20-21-37-32(24-25)28-12-3-7-18-36(28)44(37)40-41-23-22-33(42-40)31-15-9-14-30-29-13-4-8-19-38(29)45-39(30)31/h1-24H. The van der Waals surface area contributed by atoms with Crippen LogP contribution < -0.4 is 0 Å². The molecule has 5 heteroatoms. The maximum Gasteiger partial charge on any atom is 0.235 e. The maximum atomic E-state index is 5.21. The van der Waals surface area contributed by atoms with Crippen molar-refractivity contribution in [2.75, 3.05) is 0 Å². The summed E-state index contributed by atoms with van der Waals surface area (Å²) in [5, 5.41) is 7.42. The van der Waals surface area contributed by atoms with Crippen LogP contribution in [0.15, 0.2) is 146 Å². The number of para-hydroxylation sites is 3. The molecule has 0 radical (unpaired) electrons. The predicted molar refractivity (Wildman–Crippen MR) is 189 cm³/mol. The van der Waals surface area contributed by atoms with Crippen LogP contribution in [0.25, 0.3) is 86.7 Å². The zero-order valence-corrected chi connectivity index (χ0v) is 24.9. The van der Waals surface area contributed by atoms with Crippen molar-refractivity contribution < 1.29 is 0 Å². The number of hydrogen-bond acceptors (Lipinski definition) is 3. The molecule has 4 heterocycles. The molecular weight excluding hydrogens is 569 g/mol. The highest BCUT2D eigenvalue weighted by Crippen LogP contribution is 2.40. The van der Waals surface area contributed by atoms with Gasteiger partial charge in [0.25, 0.3) is 0 Å². The van der Waals surface area contributed by atoms with Crippen LogP contribution in [0.4, 0.5) is 0 Å². The van der Waals surface area contributed by atoms with E-state index in [1.165, 1.54) is 52.8 Å². The van der Waals surface area contributed by atoms with Crippen LogP contribution in [-0.4, -0.2) is 19.1 Å². The molecule has 6 aromatic carbocycles. The Morgan fingerprint density at radius 3 is 1.82 bits per heavy atom. The van der Waals surface area contributed by atoms with E-state index in [0.717, 1.165) is 28.0 Å². The first-order valence-corrected chi connectivity index (χ1v) is 15.9. The lowest BCUT2D eigenvalue weighted by molar-refractivity contribution is 0.992. The minimum Gasteiger partial charge on any atom is -0.309 e. The van der Waals surface area contributed by atoms with Gasteiger partial charge in [-0.3, -0.25) is 4.57 Å². The highest BCUT2D eigenvalue weighted by Gasteiger charge is 2.18. The predicted octanol–water partition coefficient (Wildman–Crippen LogP) is 10.7. The second kappa shape index (κ2) is 9.36. The fourth-order valence-corrected chi connectivity index (χ4v) is 8.30. The molecule has 0 saturated heterocycles. The van der Waals surface area contributed by atoms with Crippen molar-refractivity contribution in [3.8, 4) is 22.9 Å². The molecular formula is C40H24N4S. The second-order valence-electron chi connectivity index (χ2n) is 11.4. The lowest BCUT2D eigenvalue weighted by Crippen LogP contribution is -2.02. The zero-order chi connectivity index (χ0) is 29.5. The molecule has 10 rings (SSSR count). The molecule has 0 saturated carbocycles. The van der Waals surface area contributed by atoms with E-state index in [9.17, 15) is 0 Å². The van der Waals surface area contributed by atoms with Crippen molar-refractivity contribution >= 4 is 75.1 Å². The molecule has 0 atom stereocenters. The van der Waals surface area contributed by atoms with Crippen LogP contribution in [-0.2, 0) is 0 Å². The summed E-state index contributed by atoms with van der Waals surface area (Å²) in [5.74, 6) is 0.668. The number of hydrogen-bond donors (Lipinski definition) is 0. The monoisotopic (exact) mass is 592 g/mol. The summed E-state index contributed by atoms with van der Waals surface area (Å²) >= 11 is 1.82. The first-order chi connectivity index (χ1) is 22.3. The van der Waals surface area contributed by atoms with Crippen molar-refractivity contribution in [1.29, 1.82) is 0 Å². The van der Waals surface area contributed by atoms with Crippen molar-refractivity contribution in [3.05, 3.63) is 146 Å². The minimum absolute atomic E-state index is 0.668. The van der Waals surface area contributed by atoms with Crippen molar-refractivity contribution in [2.45, 2.75) is 0 Å². The summed E-state index contributed by atoms with van der Waals surface area (Å²) in [6.45, 7) is 0. The third-order valence-corrected chi connectivity index (χ3v) is 10.2. The minimum atomic E-state index is 0.668. The topological polar surface area (TPSA) is 35.6 Å². The average Bonchev–Trinajstić information content (AvgIpc) is 3.76. The number of nitrogens with zero attached hydrogens (tertiary/aromatic N) is 4. The van der Waals surface area contributed by atoms with Crippen LogP contribution in [0.1, 0.15) is 0 Å². The van der Waals surface area contributed by atoms with E-state index < -0.39 is 0 Å². The van der Waals surface area contributed by atoms with Crippen molar-refractivity contribution in [2.24, 2.45) is 0 Å². The number of benzene rings is 6. The fraction of sp³-hybridized carbons (Fsp3) is 0. The van der Waals surface area contributed by atoms with E-state index >= 15 is 0 Å². The summed E-state index contributed by atoms with van der Waals surface area (Å²) < 4.78 is 7.12. The van der Waals surface area contributed by atoms with Crippen molar-refractivity contribution in [1.82, 2.24) is 19.1 Å². The van der Waals surface area contributed by atoms with Gasteiger partial charge in [-0.2, -0.15) is 0 Å². The van der Waals surface area contributed by atoms with Gasteiger partial charge in [-0.25, -0.2) is 9.97 Å². The van der Waals surface area contributed by atoms with E-state index in [-0.39, 0.29) is 0 Å². The normalized spacial score (nSPS) is 12.0. The van der Waals surface area contributed by atoms with Gasteiger partial charge < -0.3 is 4.57 Å². The summed E-state index contributed by atoms with van der Waals surface area (Å²) in [6.07, 6.45) is 1.89. The Kier molecular flexibility index (Phi) is 5.12. The van der Waals surface area contributed by atoms with Crippen LogP contribution in [0.2, 0.25) is 0 Å². The van der Waals surface area contributed by atoms with Crippen LogP contribution in [0.3, 0.4) is 0 Å². The van der Waals surface area contributed by atoms with Gasteiger partial charge in [0.15, 0.2) is 0 Å². The van der Waals surface area contributed by atoms with Gasteiger partial charge in [-0.05, 0) is 48.5 Å². The first-order valence-electron chi connectivity index (χ1n) is 15.1. The number of rotatable bonds is 3. The quantitative estimate of drug-likeness (QED) is 0.205. The third-order valence-electron chi connectivity index (χ3n) is 9.02. The second-order valence-corrected chi connectivity index (χ2v) is 12.5. The van der Waals surface area contributed by atoms with E-state index in [1.54, 1.807) is 0 Å². The highest BCUT2D eigenvalue weighted by atomic mass is 32.1. The molecule has 0 N–H and O–H groups in total. The van der Waals surface area contributed by atoms with E-state index in [2.05, 4.69) is 143 Å². The molecule has 210 valence electrons. The molecule has 0 fully saturated rings. The molecule has 0 aliphatic rings. The first kappa shape index (κ1) is 24.6. The average molecular weight is 593 g/mol. The molecule has 0 spiro atoms. The summed E-state index contributed by atoms with van der Waals surface area (Å²) in [6, 6.07) is 49.8. The SMILES string of the molecule is c1ccc2c(c1)sc1c(-c3ccnc(-n4c5ccccc5c5cc(-n6c7ccccc7c7ccccc76)ccc54)n3)cccc12. The lowest BCUT2D eigenvalue weighted by Gasteiger charge is -2.10. The number of thiophene rings is 1. The molecule has 45 heavy (non-hydrogen) atoms. The van der Waals surface area contributed by atoms with Gasteiger partial charge in [-0.15, -0.1) is 11.3 Å². The molecule has 0 amide bonds. The Morgan fingerprint density at radius 1 is 0.467 bits per heavy atom. The van der Waals surface area contributed by atoms with Crippen molar-refractivity contribution in [3.63, 3.8) is 0 Å². The van der Waals surface area contributed by atoms with Gasteiger partial charge in [0.1, 0.15) is 0 Å². The molecule has 0 aliphatic carbocycles. The Bertz CT molecular complexity index is 2730. The number of fused-ring (bicyclic) bond motifs is 9. The lowest BCUT2D eigenvalue weighted by atomic mass is 10.1. The van der Waals surface area contributed by atoms with Gasteiger partial charge in [0, 0.05) is 59.2 Å². The molecule has 0 unspecified atom stereocenters. The van der Waals surface area contributed by atoms with Gasteiger partial charge >= 0.3 is 0 Å².